The van der Waals surface area contributed by atoms with Crippen LogP contribution in [0.25, 0.3) is 0 Å². The summed E-state index contributed by atoms with van der Waals surface area (Å²) in [7, 11) is 4.07. The van der Waals surface area contributed by atoms with Crippen molar-refractivity contribution in [1.29, 1.82) is 0 Å². The molecule has 15 heavy (non-hydrogen) atoms. The predicted molar refractivity (Wildman–Crippen MR) is 63.1 cm³/mol. The Balaban J connectivity index is 2.77. The molecule has 0 aliphatic rings. The summed E-state index contributed by atoms with van der Waals surface area (Å²) in [6, 6.07) is 8.40. The topological polar surface area (TPSA) is 38.5 Å². The van der Waals surface area contributed by atoms with Gasteiger partial charge < -0.3 is 15.4 Å². The number of hydrogen-bond acceptors (Lipinski definition) is 3. The SMILES string of the molecule is CCOc1ccc(C(CN)N(C)C)cc1. The van der Waals surface area contributed by atoms with E-state index in [1.165, 1.54) is 5.56 Å². The third-order valence-electron chi connectivity index (χ3n) is 2.42. The zero-order valence-corrected chi connectivity index (χ0v) is 9.73. The summed E-state index contributed by atoms with van der Waals surface area (Å²) < 4.78 is 5.39. The van der Waals surface area contributed by atoms with Crippen LogP contribution in [-0.4, -0.2) is 32.1 Å². The number of likely N-dealkylation sites (N-methyl/N-ethyl adjacent to an activating group) is 1. The van der Waals surface area contributed by atoms with Crippen molar-refractivity contribution < 1.29 is 4.74 Å². The van der Waals surface area contributed by atoms with E-state index < -0.39 is 0 Å². The molecule has 1 aromatic carbocycles. The molecule has 0 heterocycles. The van der Waals surface area contributed by atoms with Gasteiger partial charge in [0.25, 0.3) is 0 Å². The van der Waals surface area contributed by atoms with Gasteiger partial charge in [-0.2, -0.15) is 0 Å². The fourth-order valence-corrected chi connectivity index (χ4v) is 1.60. The Morgan fingerprint density at radius 3 is 2.27 bits per heavy atom. The van der Waals surface area contributed by atoms with Crippen molar-refractivity contribution in [2.24, 2.45) is 5.73 Å². The van der Waals surface area contributed by atoms with Crippen LogP contribution in [0.3, 0.4) is 0 Å². The third kappa shape index (κ3) is 3.22. The molecule has 0 saturated carbocycles. The standard InChI is InChI=1S/C12H20N2O/c1-4-15-11-7-5-10(6-8-11)12(9-13)14(2)3/h5-8,12H,4,9,13H2,1-3H3. The molecule has 0 aliphatic heterocycles. The highest BCUT2D eigenvalue weighted by atomic mass is 16.5. The average Bonchev–Trinajstić information content (AvgIpc) is 2.21. The van der Waals surface area contributed by atoms with E-state index in [0.29, 0.717) is 13.2 Å². The number of nitrogens with two attached hydrogens (primary N) is 1. The van der Waals surface area contributed by atoms with Crippen LogP contribution in [0.2, 0.25) is 0 Å². The molecule has 3 heteroatoms. The summed E-state index contributed by atoms with van der Waals surface area (Å²) in [5.74, 6) is 0.913. The Morgan fingerprint density at radius 1 is 1.27 bits per heavy atom. The quantitative estimate of drug-likeness (QED) is 0.799. The summed E-state index contributed by atoms with van der Waals surface area (Å²) >= 11 is 0. The first-order chi connectivity index (χ1) is 7.19. The minimum Gasteiger partial charge on any atom is -0.494 e. The molecule has 0 spiro atoms. The van der Waals surface area contributed by atoms with E-state index in [9.17, 15) is 0 Å². The first-order valence-corrected chi connectivity index (χ1v) is 5.28. The monoisotopic (exact) mass is 208 g/mol. The number of benzene rings is 1. The predicted octanol–water partition coefficient (Wildman–Crippen LogP) is 1.65. The molecule has 0 bridgehead atoms. The van der Waals surface area contributed by atoms with Crippen molar-refractivity contribution in [2.75, 3.05) is 27.2 Å². The average molecular weight is 208 g/mol. The van der Waals surface area contributed by atoms with Crippen molar-refractivity contribution in [1.82, 2.24) is 4.90 Å². The molecule has 1 rings (SSSR count). The Morgan fingerprint density at radius 2 is 1.87 bits per heavy atom. The molecule has 0 fully saturated rings. The van der Waals surface area contributed by atoms with Gasteiger partial charge in [0, 0.05) is 12.6 Å². The molecule has 0 radical (unpaired) electrons. The Bertz CT molecular complexity index is 282. The van der Waals surface area contributed by atoms with Crippen molar-refractivity contribution in [3.05, 3.63) is 29.8 Å². The molecule has 0 amide bonds. The maximum atomic E-state index is 5.73. The Kier molecular flexibility index (Phi) is 4.59. The van der Waals surface area contributed by atoms with E-state index in [4.69, 9.17) is 10.5 Å². The van der Waals surface area contributed by atoms with Gasteiger partial charge in [-0.05, 0) is 38.7 Å². The Labute approximate surface area is 91.8 Å². The summed E-state index contributed by atoms with van der Waals surface area (Å²) in [6.07, 6.45) is 0. The number of rotatable bonds is 5. The highest BCUT2D eigenvalue weighted by Crippen LogP contribution is 2.20. The Hall–Kier alpha value is -1.06. The summed E-state index contributed by atoms with van der Waals surface area (Å²) in [4.78, 5) is 2.12. The molecule has 84 valence electrons. The van der Waals surface area contributed by atoms with Crippen molar-refractivity contribution >= 4 is 0 Å². The molecule has 0 aromatic heterocycles. The van der Waals surface area contributed by atoms with E-state index in [-0.39, 0.29) is 6.04 Å². The third-order valence-corrected chi connectivity index (χ3v) is 2.42. The van der Waals surface area contributed by atoms with Gasteiger partial charge in [-0.25, -0.2) is 0 Å². The van der Waals surface area contributed by atoms with Crippen LogP contribution < -0.4 is 10.5 Å². The molecule has 1 aromatic rings. The minimum absolute atomic E-state index is 0.278. The van der Waals surface area contributed by atoms with Gasteiger partial charge in [-0.15, -0.1) is 0 Å². The van der Waals surface area contributed by atoms with Crippen LogP contribution in [0.5, 0.6) is 5.75 Å². The minimum atomic E-state index is 0.278. The fourth-order valence-electron chi connectivity index (χ4n) is 1.60. The van der Waals surface area contributed by atoms with Crippen LogP contribution in [0.15, 0.2) is 24.3 Å². The van der Waals surface area contributed by atoms with Crippen molar-refractivity contribution in [3.63, 3.8) is 0 Å². The highest BCUT2D eigenvalue weighted by molar-refractivity contribution is 5.29. The lowest BCUT2D eigenvalue weighted by Gasteiger charge is -2.23. The first-order valence-electron chi connectivity index (χ1n) is 5.28. The smallest absolute Gasteiger partial charge is 0.119 e. The largest absolute Gasteiger partial charge is 0.494 e. The first kappa shape index (κ1) is 12.0. The van der Waals surface area contributed by atoms with Crippen LogP contribution in [0.1, 0.15) is 18.5 Å². The fraction of sp³-hybridized carbons (Fsp3) is 0.500. The summed E-state index contributed by atoms with van der Waals surface area (Å²) in [5.41, 5.74) is 6.96. The van der Waals surface area contributed by atoms with Gasteiger partial charge in [0.15, 0.2) is 0 Å². The number of nitrogens with zero attached hydrogens (tertiary/aromatic N) is 1. The van der Waals surface area contributed by atoms with Gasteiger partial charge >= 0.3 is 0 Å². The molecular formula is C12H20N2O. The molecule has 0 aliphatic carbocycles. The van der Waals surface area contributed by atoms with Gasteiger partial charge in [0.2, 0.25) is 0 Å². The van der Waals surface area contributed by atoms with Crippen molar-refractivity contribution in [2.45, 2.75) is 13.0 Å². The summed E-state index contributed by atoms with van der Waals surface area (Å²) in [5, 5.41) is 0. The van der Waals surface area contributed by atoms with Crippen LogP contribution in [0.4, 0.5) is 0 Å². The second kappa shape index (κ2) is 5.73. The second-order valence-electron chi connectivity index (χ2n) is 3.72. The number of ether oxygens (including phenoxy) is 1. The lowest BCUT2D eigenvalue weighted by molar-refractivity contribution is 0.305. The molecule has 1 atom stereocenters. The number of hydrogen-bond donors (Lipinski definition) is 1. The van der Waals surface area contributed by atoms with E-state index in [1.54, 1.807) is 0 Å². The van der Waals surface area contributed by atoms with E-state index in [1.807, 2.05) is 33.2 Å². The molecule has 2 N–H and O–H groups in total. The zero-order chi connectivity index (χ0) is 11.3. The maximum absolute atomic E-state index is 5.73. The highest BCUT2D eigenvalue weighted by Gasteiger charge is 2.11. The van der Waals surface area contributed by atoms with Gasteiger partial charge in [0.05, 0.1) is 6.61 Å². The van der Waals surface area contributed by atoms with Crippen molar-refractivity contribution in [3.8, 4) is 5.75 Å². The lowest BCUT2D eigenvalue weighted by Crippen LogP contribution is -2.27. The van der Waals surface area contributed by atoms with E-state index in [0.717, 1.165) is 5.75 Å². The molecule has 3 nitrogen and oxygen atoms in total. The van der Waals surface area contributed by atoms with Crippen LogP contribution in [-0.2, 0) is 0 Å². The van der Waals surface area contributed by atoms with Gasteiger partial charge in [0.1, 0.15) is 5.75 Å². The van der Waals surface area contributed by atoms with E-state index >= 15 is 0 Å². The summed E-state index contributed by atoms with van der Waals surface area (Å²) in [6.45, 7) is 3.31. The lowest BCUT2D eigenvalue weighted by atomic mass is 10.1. The normalized spacial score (nSPS) is 12.9. The van der Waals surface area contributed by atoms with E-state index in [2.05, 4.69) is 17.0 Å². The van der Waals surface area contributed by atoms with Crippen LogP contribution in [0, 0.1) is 0 Å². The zero-order valence-electron chi connectivity index (χ0n) is 9.73. The molecule has 0 saturated heterocycles. The van der Waals surface area contributed by atoms with Crippen LogP contribution >= 0.6 is 0 Å². The molecule has 1 unspecified atom stereocenters. The maximum Gasteiger partial charge on any atom is 0.119 e. The second-order valence-corrected chi connectivity index (χ2v) is 3.72. The van der Waals surface area contributed by atoms with Gasteiger partial charge in [-0.3, -0.25) is 0 Å². The molecular weight excluding hydrogens is 188 g/mol. The van der Waals surface area contributed by atoms with Gasteiger partial charge in [-0.1, -0.05) is 12.1 Å².